The van der Waals surface area contributed by atoms with Crippen LogP contribution < -0.4 is 5.56 Å². The number of aryl methyl sites for hydroxylation is 1. The van der Waals surface area contributed by atoms with Gasteiger partial charge in [0.15, 0.2) is 5.82 Å². The van der Waals surface area contributed by atoms with Gasteiger partial charge in [0.05, 0.1) is 5.56 Å². The summed E-state index contributed by atoms with van der Waals surface area (Å²) in [5.41, 5.74) is -0.570. The number of hydrogen-bond donors (Lipinski definition) is 1. The Labute approximate surface area is 99.5 Å². The third kappa shape index (κ3) is 2.55. The first-order valence-electron chi connectivity index (χ1n) is 4.98. The highest BCUT2D eigenvalue weighted by molar-refractivity contribution is 5.49. The number of nitrogens with zero attached hydrogens (tertiary/aromatic N) is 2. The molecule has 18 heavy (non-hydrogen) atoms. The molecule has 0 spiro atoms. The first-order valence-corrected chi connectivity index (χ1v) is 4.98. The van der Waals surface area contributed by atoms with Gasteiger partial charge in [-0.15, -0.1) is 0 Å². The molecule has 0 aliphatic heterocycles. The Morgan fingerprint density at radius 3 is 2.50 bits per heavy atom. The van der Waals surface area contributed by atoms with Crippen molar-refractivity contribution in [1.29, 1.82) is 0 Å². The molecule has 0 amide bonds. The highest BCUT2D eigenvalue weighted by Gasteiger charge is 2.30. The zero-order valence-electron chi connectivity index (χ0n) is 9.25. The number of rotatable bonds is 1. The van der Waals surface area contributed by atoms with Crippen molar-refractivity contribution < 1.29 is 13.2 Å². The molecule has 0 saturated heterocycles. The summed E-state index contributed by atoms with van der Waals surface area (Å²) in [7, 11) is 0. The molecule has 0 unspecified atom stereocenters. The van der Waals surface area contributed by atoms with Crippen LogP contribution in [-0.4, -0.2) is 15.0 Å². The van der Waals surface area contributed by atoms with Gasteiger partial charge in [0.2, 0.25) is 0 Å². The van der Waals surface area contributed by atoms with E-state index in [0.717, 1.165) is 6.07 Å². The van der Waals surface area contributed by atoms with E-state index in [0.29, 0.717) is 11.9 Å². The summed E-state index contributed by atoms with van der Waals surface area (Å²) >= 11 is 0. The molecule has 2 rings (SSSR count). The van der Waals surface area contributed by atoms with Crippen LogP contribution in [-0.2, 0) is 6.18 Å². The van der Waals surface area contributed by atoms with Crippen molar-refractivity contribution in [2.45, 2.75) is 13.1 Å². The number of alkyl halides is 3. The van der Waals surface area contributed by atoms with Crippen molar-refractivity contribution in [2.75, 3.05) is 0 Å². The number of H-pyrrole nitrogens is 1. The predicted octanol–water partition coefficient (Wildman–Crippen LogP) is 2.16. The van der Waals surface area contributed by atoms with Crippen LogP contribution in [0.4, 0.5) is 13.2 Å². The van der Waals surface area contributed by atoms with E-state index in [1.165, 1.54) is 12.1 Å². The molecule has 0 aromatic carbocycles. The molecule has 4 nitrogen and oxygen atoms in total. The first kappa shape index (κ1) is 12.3. The van der Waals surface area contributed by atoms with Crippen LogP contribution >= 0.6 is 0 Å². The predicted molar refractivity (Wildman–Crippen MR) is 57.8 cm³/mol. The van der Waals surface area contributed by atoms with E-state index in [-0.39, 0.29) is 17.1 Å². The van der Waals surface area contributed by atoms with Crippen molar-refractivity contribution in [3.8, 4) is 11.5 Å². The summed E-state index contributed by atoms with van der Waals surface area (Å²) in [6.45, 7) is 1.61. The van der Waals surface area contributed by atoms with E-state index >= 15 is 0 Å². The van der Waals surface area contributed by atoms with E-state index < -0.39 is 11.7 Å². The van der Waals surface area contributed by atoms with Crippen molar-refractivity contribution >= 4 is 0 Å². The lowest BCUT2D eigenvalue weighted by atomic mass is 10.2. The number of halogens is 3. The standard InChI is InChI=1S/C11H8F3N3O/c1-6-4-9(18)17-10(16-6)8-3-2-7(5-15-8)11(12,13)14/h2-5H,1H3,(H,16,17,18). The molecule has 94 valence electrons. The maximum atomic E-state index is 12.3. The fourth-order valence-electron chi connectivity index (χ4n) is 1.40. The molecule has 2 aromatic rings. The van der Waals surface area contributed by atoms with Crippen LogP contribution in [0.15, 0.2) is 29.2 Å². The summed E-state index contributed by atoms with van der Waals surface area (Å²) < 4.78 is 37.0. The summed E-state index contributed by atoms with van der Waals surface area (Å²) in [6, 6.07) is 3.35. The number of nitrogens with one attached hydrogen (secondary N) is 1. The van der Waals surface area contributed by atoms with Crippen LogP contribution in [0.3, 0.4) is 0 Å². The molecular weight excluding hydrogens is 247 g/mol. The van der Waals surface area contributed by atoms with E-state index in [4.69, 9.17) is 0 Å². The second-order valence-electron chi connectivity index (χ2n) is 3.67. The van der Waals surface area contributed by atoms with Crippen molar-refractivity contribution in [3.63, 3.8) is 0 Å². The van der Waals surface area contributed by atoms with Crippen LogP contribution in [0.1, 0.15) is 11.3 Å². The Morgan fingerprint density at radius 2 is 2.00 bits per heavy atom. The zero-order chi connectivity index (χ0) is 13.3. The van der Waals surface area contributed by atoms with Crippen molar-refractivity contribution in [3.05, 3.63) is 46.0 Å². The monoisotopic (exact) mass is 255 g/mol. The van der Waals surface area contributed by atoms with Gasteiger partial charge in [-0.2, -0.15) is 13.2 Å². The van der Waals surface area contributed by atoms with Gasteiger partial charge in [0, 0.05) is 18.0 Å². The second-order valence-corrected chi connectivity index (χ2v) is 3.67. The van der Waals surface area contributed by atoms with E-state index in [1.54, 1.807) is 6.92 Å². The number of aromatic amines is 1. The highest BCUT2D eigenvalue weighted by atomic mass is 19.4. The minimum atomic E-state index is -4.43. The van der Waals surface area contributed by atoms with Crippen LogP contribution in [0, 0.1) is 6.92 Å². The third-order valence-electron chi connectivity index (χ3n) is 2.20. The minimum absolute atomic E-state index is 0.147. The van der Waals surface area contributed by atoms with Gasteiger partial charge in [0.1, 0.15) is 5.69 Å². The van der Waals surface area contributed by atoms with Crippen molar-refractivity contribution in [1.82, 2.24) is 15.0 Å². The van der Waals surface area contributed by atoms with Gasteiger partial charge in [-0.1, -0.05) is 0 Å². The Morgan fingerprint density at radius 1 is 1.28 bits per heavy atom. The first-order chi connectivity index (χ1) is 8.36. The maximum Gasteiger partial charge on any atom is 0.417 e. The van der Waals surface area contributed by atoms with Gasteiger partial charge >= 0.3 is 6.18 Å². The molecule has 0 fully saturated rings. The topological polar surface area (TPSA) is 58.6 Å². The molecule has 0 aliphatic rings. The molecular formula is C11H8F3N3O. The summed E-state index contributed by atoms with van der Waals surface area (Å²) in [6.07, 6.45) is -3.73. The van der Waals surface area contributed by atoms with Gasteiger partial charge in [0.25, 0.3) is 5.56 Å². The quantitative estimate of drug-likeness (QED) is 0.849. The molecule has 0 radical (unpaired) electrons. The highest BCUT2D eigenvalue weighted by Crippen LogP contribution is 2.29. The fraction of sp³-hybridized carbons (Fsp3) is 0.182. The number of aromatic nitrogens is 3. The molecule has 0 bridgehead atoms. The minimum Gasteiger partial charge on any atom is -0.305 e. The smallest absolute Gasteiger partial charge is 0.305 e. The van der Waals surface area contributed by atoms with Gasteiger partial charge < -0.3 is 4.98 Å². The summed E-state index contributed by atoms with van der Waals surface area (Å²) in [5.74, 6) is 0.147. The number of hydrogen-bond acceptors (Lipinski definition) is 3. The van der Waals surface area contributed by atoms with Crippen LogP contribution in [0.2, 0.25) is 0 Å². The third-order valence-corrected chi connectivity index (χ3v) is 2.20. The van der Waals surface area contributed by atoms with Crippen LogP contribution in [0.5, 0.6) is 0 Å². The largest absolute Gasteiger partial charge is 0.417 e. The molecule has 7 heteroatoms. The molecule has 2 aromatic heterocycles. The molecule has 0 saturated carbocycles. The number of pyridine rings is 1. The molecule has 0 aliphatic carbocycles. The van der Waals surface area contributed by atoms with E-state index in [9.17, 15) is 18.0 Å². The van der Waals surface area contributed by atoms with Gasteiger partial charge in [-0.25, -0.2) is 4.98 Å². The normalized spacial score (nSPS) is 11.6. The SMILES string of the molecule is Cc1cc(=O)[nH]c(-c2ccc(C(F)(F)F)cn2)n1. The molecule has 1 N–H and O–H groups in total. The lowest BCUT2D eigenvalue weighted by molar-refractivity contribution is -0.137. The Kier molecular flexibility index (Phi) is 2.90. The lowest BCUT2D eigenvalue weighted by Crippen LogP contribution is -2.10. The summed E-state index contributed by atoms with van der Waals surface area (Å²) in [4.78, 5) is 21.3. The molecule has 2 heterocycles. The Bertz CT molecular complexity index is 617. The van der Waals surface area contributed by atoms with Gasteiger partial charge in [-0.05, 0) is 19.1 Å². The van der Waals surface area contributed by atoms with Crippen molar-refractivity contribution in [2.24, 2.45) is 0 Å². The van der Waals surface area contributed by atoms with Gasteiger partial charge in [-0.3, -0.25) is 9.78 Å². The lowest BCUT2D eigenvalue weighted by Gasteiger charge is -2.06. The fourth-order valence-corrected chi connectivity index (χ4v) is 1.40. The zero-order valence-corrected chi connectivity index (χ0v) is 9.25. The van der Waals surface area contributed by atoms with Crippen LogP contribution in [0.25, 0.3) is 11.5 Å². The summed E-state index contributed by atoms with van der Waals surface area (Å²) in [5, 5.41) is 0. The second kappa shape index (κ2) is 4.25. The molecule has 0 atom stereocenters. The Hall–Kier alpha value is -2.18. The maximum absolute atomic E-state index is 12.3. The average molecular weight is 255 g/mol. The Balaban J connectivity index is 2.43. The van der Waals surface area contributed by atoms with E-state index in [2.05, 4.69) is 15.0 Å². The van der Waals surface area contributed by atoms with E-state index in [1.807, 2.05) is 0 Å². The average Bonchev–Trinajstić information content (AvgIpc) is 2.27.